The van der Waals surface area contributed by atoms with Gasteiger partial charge in [-0.2, -0.15) is 4.99 Å². The first-order valence-corrected chi connectivity index (χ1v) is 11.4. The molecule has 0 N–H and O–H groups in total. The molecule has 34 heavy (non-hydrogen) atoms. The monoisotopic (exact) mass is 473 g/mol. The maximum Gasteiger partial charge on any atom is 0.325 e. The van der Waals surface area contributed by atoms with E-state index in [2.05, 4.69) is 4.99 Å². The fraction of sp³-hybridized carbons (Fsp3) is 0.160. The Labute approximate surface area is 197 Å². The summed E-state index contributed by atoms with van der Waals surface area (Å²) < 4.78 is 7.41. The van der Waals surface area contributed by atoms with Crippen LogP contribution in [-0.2, 0) is 25.7 Å². The minimum absolute atomic E-state index is 0.0994. The zero-order valence-corrected chi connectivity index (χ0v) is 19.0. The summed E-state index contributed by atoms with van der Waals surface area (Å²) in [5, 5.41) is 2.03. The third kappa shape index (κ3) is 3.80. The summed E-state index contributed by atoms with van der Waals surface area (Å²) in [4.78, 5) is 55.2. The molecule has 1 saturated heterocycles. The van der Waals surface area contributed by atoms with Gasteiger partial charge in [0.2, 0.25) is 11.8 Å². The van der Waals surface area contributed by atoms with Crippen LogP contribution < -0.4 is 9.70 Å². The average molecular weight is 474 g/mol. The number of ether oxygens (including phenoxy) is 1. The molecule has 0 bridgehead atoms. The fourth-order valence-corrected chi connectivity index (χ4v) is 5.19. The number of carbonyl (C=O) groups is 4. The number of rotatable bonds is 4. The number of aromatic nitrogens is 1. The molecule has 1 fully saturated rings. The Bertz CT molecular complexity index is 1550. The van der Waals surface area contributed by atoms with E-state index in [4.69, 9.17) is 4.74 Å². The van der Waals surface area contributed by atoms with Crippen molar-refractivity contribution in [3.63, 3.8) is 0 Å². The maximum absolute atomic E-state index is 13.1. The fourth-order valence-electron chi connectivity index (χ4n) is 4.02. The summed E-state index contributed by atoms with van der Waals surface area (Å²) in [5.41, 5.74) is 1.35. The van der Waals surface area contributed by atoms with Crippen molar-refractivity contribution in [3.8, 4) is 0 Å². The van der Waals surface area contributed by atoms with Gasteiger partial charge < -0.3 is 9.30 Å². The number of thiazole rings is 1. The smallest absolute Gasteiger partial charge is 0.325 e. The highest BCUT2D eigenvalue weighted by Crippen LogP contribution is 2.28. The van der Waals surface area contributed by atoms with Crippen LogP contribution in [0.25, 0.3) is 21.0 Å². The Kier molecular flexibility index (Phi) is 5.54. The molecular weight excluding hydrogens is 454 g/mol. The highest BCUT2D eigenvalue weighted by atomic mass is 32.1. The maximum atomic E-state index is 13.1. The zero-order valence-electron chi connectivity index (χ0n) is 18.2. The largest absolute Gasteiger partial charge is 0.468 e. The molecule has 9 heteroatoms. The normalized spacial score (nSPS) is 14.4. The van der Waals surface area contributed by atoms with Gasteiger partial charge >= 0.3 is 5.97 Å². The molecule has 1 aliphatic heterocycles. The van der Waals surface area contributed by atoms with Crippen LogP contribution >= 0.6 is 11.3 Å². The topological polar surface area (TPSA) is 98.0 Å². The van der Waals surface area contributed by atoms with E-state index in [0.717, 1.165) is 25.9 Å². The van der Waals surface area contributed by atoms with E-state index >= 15 is 0 Å². The summed E-state index contributed by atoms with van der Waals surface area (Å²) >= 11 is 1.31. The molecular formula is C25H19N3O5S. The Morgan fingerprint density at radius 1 is 1.00 bits per heavy atom. The van der Waals surface area contributed by atoms with Gasteiger partial charge in [-0.25, -0.2) is 0 Å². The first-order valence-electron chi connectivity index (χ1n) is 10.6. The van der Waals surface area contributed by atoms with Crippen LogP contribution in [0.15, 0.2) is 65.7 Å². The second-order valence-electron chi connectivity index (χ2n) is 7.77. The van der Waals surface area contributed by atoms with Gasteiger partial charge in [-0.15, -0.1) is 0 Å². The van der Waals surface area contributed by atoms with Crippen LogP contribution in [0.2, 0.25) is 0 Å². The minimum atomic E-state index is -0.546. The second-order valence-corrected chi connectivity index (χ2v) is 8.75. The first-order chi connectivity index (χ1) is 16.5. The number of hydrogen-bond acceptors (Lipinski definition) is 6. The van der Waals surface area contributed by atoms with Gasteiger partial charge in [0, 0.05) is 23.8 Å². The molecule has 3 amide bonds. The Morgan fingerprint density at radius 3 is 2.53 bits per heavy atom. The highest BCUT2D eigenvalue weighted by Gasteiger charge is 2.30. The van der Waals surface area contributed by atoms with Crippen LogP contribution in [0.3, 0.4) is 0 Å². The number of benzene rings is 3. The van der Waals surface area contributed by atoms with Crippen molar-refractivity contribution >= 4 is 61.7 Å². The summed E-state index contributed by atoms with van der Waals surface area (Å²) in [6, 6.07) is 18.0. The third-order valence-corrected chi connectivity index (χ3v) is 6.82. The number of carbonyl (C=O) groups excluding carboxylic acids is 4. The van der Waals surface area contributed by atoms with Crippen molar-refractivity contribution < 1.29 is 23.9 Å². The Morgan fingerprint density at radius 2 is 1.76 bits per heavy atom. The van der Waals surface area contributed by atoms with Crippen molar-refractivity contribution in [2.75, 3.05) is 12.0 Å². The van der Waals surface area contributed by atoms with Gasteiger partial charge in [0.15, 0.2) is 4.80 Å². The molecule has 0 spiro atoms. The number of methoxy groups -OCH3 is 1. The zero-order chi connectivity index (χ0) is 23.8. The van der Waals surface area contributed by atoms with Crippen molar-refractivity contribution in [2.45, 2.75) is 19.4 Å². The molecule has 1 aliphatic rings. The average Bonchev–Trinajstić information content (AvgIpc) is 3.37. The van der Waals surface area contributed by atoms with Gasteiger partial charge in [0.25, 0.3) is 5.91 Å². The van der Waals surface area contributed by atoms with E-state index in [1.54, 1.807) is 22.8 Å². The van der Waals surface area contributed by atoms with Gasteiger partial charge in [-0.3, -0.25) is 24.1 Å². The third-order valence-electron chi connectivity index (χ3n) is 5.69. The lowest BCUT2D eigenvalue weighted by atomic mass is 10.1. The SMILES string of the molecule is COC(=O)Cn1c(=NC(=O)c2cccc(N3C(=O)CCC3=O)c2)sc2c3ccccc3ccc21. The van der Waals surface area contributed by atoms with E-state index in [1.165, 1.54) is 24.5 Å². The Balaban J connectivity index is 1.63. The van der Waals surface area contributed by atoms with Crippen molar-refractivity contribution in [2.24, 2.45) is 4.99 Å². The van der Waals surface area contributed by atoms with Gasteiger partial charge in [-0.1, -0.05) is 47.7 Å². The lowest BCUT2D eigenvalue weighted by Crippen LogP contribution is -2.28. The van der Waals surface area contributed by atoms with Crippen LogP contribution in [0.5, 0.6) is 0 Å². The molecule has 0 atom stereocenters. The quantitative estimate of drug-likeness (QED) is 0.334. The van der Waals surface area contributed by atoms with Crippen molar-refractivity contribution in [1.82, 2.24) is 4.57 Å². The molecule has 2 heterocycles. The summed E-state index contributed by atoms with van der Waals surface area (Å²) in [6.45, 7) is -0.0994. The van der Waals surface area contributed by atoms with Gasteiger partial charge in [-0.05, 0) is 29.7 Å². The number of imide groups is 1. The predicted octanol–water partition coefficient (Wildman–Crippen LogP) is 3.42. The molecule has 0 saturated carbocycles. The summed E-state index contributed by atoms with van der Waals surface area (Å²) in [7, 11) is 1.31. The van der Waals surface area contributed by atoms with Crippen LogP contribution in [0.1, 0.15) is 23.2 Å². The van der Waals surface area contributed by atoms with E-state index in [0.29, 0.717) is 10.5 Å². The lowest BCUT2D eigenvalue weighted by Gasteiger charge is -2.14. The van der Waals surface area contributed by atoms with Crippen LogP contribution in [0.4, 0.5) is 5.69 Å². The molecule has 3 aromatic carbocycles. The number of amides is 3. The number of esters is 1. The molecule has 4 aromatic rings. The van der Waals surface area contributed by atoms with Crippen molar-refractivity contribution in [1.29, 1.82) is 0 Å². The lowest BCUT2D eigenvalue weighted by molar-refractivity contribution is -0.141. The summed E-state index contributed by atoms with van der Waals surface area (Å²) in [5.74, 6) is -1.59. The number of hydrogen-bond donors (Lipinski definition) is 0. The van der Waals surface area contributed by atoms with Gasteiger partial charge in [0.1, 0.15) is 6.54 Å². The molecule has 0 unspecified atom stereocenters. The number of nitrogens with zero attached hydrogens (tertiary/aromatic N) is 3. The molecule has 5 rings (SSSR count). The van der Waals surface area contributed by atoms with E-state index in [-0.39, 0.29) is 36.8 Å². The van der Waals surface area contributed by atoms with Crippen LogP contribution in [0, 0.1) is 0 Å². The molecule has 0 radical (unpaired) electrons. The van der Waals surface area contributed by atoms with Gasteiger partial charge in [0.05, 0.1) is 23.0 Å². The predicted molar refractivity (Wildman–Crippen MR) is 127 cm³/mol. The Hall–Kier alpha value is -4.11. The van der Waals surface area contributed by atoms with Crippen LogP contribution in [-0.4, -0.2) is 35.4 Å². The van der Waals surface area contributed by atoms with E-state index in [9.17, 15) is 19.2 Å². The minimum Gasteiger partial charge on any atom is -0.468 e. The second kappa shape index (κ2) is 8.68. The number of anilines is 1. The van der Waals surface area contributed by atoms with E-state index in [1.807, 2.05) is 36.4 Å². The molecule has 170 valence electrons. The summed E-state index contributed by atoms with van der Waals surface area (Å²) in [6.07, 6.45) is 0.315. The molecule has 1 aromatic heterocycles. The highest BCUT2D eigenvalue weighted by molar-refractivity contribution is 7.17. The molecule has 8 nitrogen and oxygen atoms in total. The first kappa shape index (κ1) is 21.7. The number of fused-ring (bicyclic) bond motifs is 3. The van der Waals surface area contributed by atoms with E-state index < -0.39 is 11.9 Å². The standard InChI is InChI=1S/C25H19N3O5S/c1-33-22(31)14-27-19-10-9-15-5-2-3-8-18(15)23(19)34-25(27)26-24(32)16-6-4-7-17(13-16)28-20(29)11-12-21(28)30/h2-10,13H,11-12,14H2,1H3. The van der Waals surface area contributed by atoms with Crippen molar-refractivity contribution in [3.05, 3.63) is 71.0 Å². The molecule has 0 aliphatic carbocycles.